The minimum atomic E-state index is -1.31. The van der Waals surface area contributed by atoms with Crippen LogP contribution in [0.5, 0.6) is 11.5 Å². The third kappa shape index (κ3) is 4.21. The van der Waals surface area contributed by atoms with Gasteiger partial charge < -0.3 is 14.9 Å². The van der Waals surface area contributed by atoms with E-state index < -0.39 is 12.0 Å². The van der Waals surface area contributed by atoms with E-state index >= 15 is 0 Å². The molecule has 0 aliphatic heterocycles. The van der Waals surface area contributed by atoms with Gasteiger partial charge in [0.1, 0.15) is 0 Å². The number of carbonyl (C=O) groups is 1. The highest BCUT2D eigenvalue weighted by molar-refractivity contribution is 6.32. The van der Waals surface area contributed by atoms with E-state index in [2.05, 4.69) is 10.5 Å². The van der Waals surface area contributed by atoms with E-state index in [1.54, 1.807) is 30.3 Å². The molecule has 120 valence electrons. The van der Waals surface area contributed by atoms with Crippen LogP contribution < -0.4 is 10.2 Å². The lowest BCUT2D eigenvalue weighted by atomic mass is 10.1. The largest absolute Gasteiger partial charge is 0.503 e. The van der Waals surface area contributed by atoms with Gasteiger partial charge in [-0.25, -0.2) is 5.43 Å². The molecule has 0 saturated heterocycles. The summed E-state index contributed by atoms with van der Waals surface area (Å²) in [6.45, 7) is 0. The number of ether oxygens (including phenoxy) is 1. The number of rotatable bonds is 5. The third-order valence-corrected chi connectivity index (χ3v) is 3.31. The quantitative estimate of drug-likeness (QED) is 0.577. The molecule has 1 unspecified atom stereocenters. The van der Waals surface area contributed by atoms with E-state index in [9.17, 15) is 15.0 Å². The molecule has 6 nitrogen and oxygen atoms in total. The molecule has 2 aromatic carbocycles. The van der Waals surface area contributed by atoms with Crippen molar-refractivity contribution in [3.8, 4) is 11.5 Å². The van der Waals surface area contributed by atoms with E-state index in [-0.39, 0.29) is 16.5 Å². The Morgan fingerprint density at radius 2 is 2.04 bits per heavy atom. The minimum absolute atomic E-state index is 0.0986. The molecule has 0 aliphatic rings. The van der Waals surface area contributed by atoms with Crippen molar-refractivity contribution in [2.24, 2.45) is 5.10 Å². The lowest BCUT2D eigenvalue weighted by Crippen LogP contribution is -2.25. The highest BCUT2D eigenvalue weighted by Crippen LogP contribution is 2.34. The Labute approximate surface area is 138 Å². The molecule has 0 aliphatic carbocycles. The van der Waals surface area contributed by atoms with Crippen LogP contribution in [-0.2, 0) is 4.79 Å². The number of hydrazone groups is 1. The maximum atomic E-state index is 11.8. The number of nitrogens with zero attached hydrogens (tertiary/aromatic N) is 1. The summed E-state index contributed by atoms with van der Waals surface area (Å²) in [5, 5.41) is 23.4. The van der Waals surface area contributed by atoms with Crippen LogP contribution in [0.1, 0.15) is 17.2 Å². The van der Waals surface area contributed by atoms with Gasteiger partial charge in [0, 0.05) is 0 Å². The predicted molar refractivity (Wildman–Crippen MR) is 86.8 cm³/mol. The second-order valence-corrected chi connectivity index (χ2v) is 5.01. The number of aliphatic hydroxyl groups is 1. The number of benzene rings is 2. The Kier molecular flexibility index (Phi) is 5.56. The van der Waals surface area contributed by atoms with E-state index in [1.165, 1.54) is 25.5 Å². The molecule has 0 saturated carbocycles. The second-order valence-electron chi connectivity index (χ2n) is 4.60. The molecular weight excluding hydrogens is 320 g/mol. The molecule has 23 heavy (non-hydrogen) atoms. The SMILES string of the molecule is COc1cc(C=NNC(=O)C(O)c2ccccc2)cc(Cl)c1O. The summed E-state index contributed by atoms with van der Waals surface area (Å²) in [5.41, 5.74) is 3.22. The normalized spacial score (nSPS) is 12.1. The van der Waals surface area contributed by atoms with Gasteiger partial charge >= 0.3 is 0 Å². The Morgan fingerprint density at radius 1 is 1.35 bits per heavy atom. The molecule has 0 aromatic heterocycles. The van der Waals surface area contributed by atoms with Crippen LogP contribution in [0.2, 0.25) is 5.02 Å². The van der Waals surface area contributed by atoms with Gasteiger partial charge in [0.2, 0.25) is 0 Å². The highest BCUT2D eigenvalue weighted by atomic mass is 35.5. The van der Waals surface area contributed by atoms with Crippen LogP contribution in [-0.4, -0.2) is 29.4 Å². The molecule has 0 bridgehead atoms. The average Bonchev–Trinajstić information content (AvgIpc) is 2.57. The molecule has 0 fully saturated rings. The number of hydrogen-bond donors (Lipinski definition) is 3. The van der Waals surface area contributed by atoms with E-state index in [0.717, 1.165) is 0 Å². The topological polar surface area (TPSA) is 91.2 Å². The zero-order valence-electron chi connectivity index (χ0n) is 12.2. The zero-order chi connectivity index (χ0) is 16.8. The van der Waals surface area contributed by atoms with Gasteiger partial charge in [-0.1, -0.05) is 41.9 Å². The molecule has 1 atom stereocenters. The molecule has 1 amide bonds. The molecule has 2 rings (SSSR count). The molecule has 0 radical (unpaired) electrons. The molecule has 0 heterocycles. The van der Waals surface area contributed by atoms with Crippen LogP contribution in [0.25, 0.3) is 0 Å². The molecule has 3 N–H and O–H groups in total. The van der Waals surface area contributed by atoms with Gasteiger partial charge in [-0.15, -0.1) is 0 Å². The number of methoxy groups -OCH3 is 1. The van der Waals surface area contributed by atoms with Crippen molar-refractivity contribution in [3.63, 3.8) is 0 Å². The van der Waals surface area contributed by atoms with E-state index in [1.807, 2.05) is 0 Å². The fraction of sp³-hybridized carbons (Fsp3) is 0.125. The lowest BCUT2D eigenvalue weighted by Gasteiger charge is -2.09. The lowest BCUT2D eigenvalue weighted by molar-refractivity contribution is -0.129. The van der Waals surface area contributed by atoms with Crippen molar-refractivity contribution in [1.29, 1.82) is 0 Å². The Hall–Kier alpha value is -2.57. The second kappa shape index (κ2) is 7.62. The molecule has 0 spiro atoms. The first-order valence-electron chi connectivity index (χ1n) is 6.65. The van der Waals surface area contributed by atoms with Gasteiger partial charge in [0.15, 0.2) is 17.6 Å². The predicted octanol–water partition coefficient (Wildman–Crippen LogP) is 2.24. The summed E-state index contributed by atoms with van der Waals surface area (Å²) < 4.78 is 4.97. The van der Waals surface area contributed by atoms with Crippen LogP contribution in [0, 0.1) is 0 Å². The first-order chi connectivity index (χ1) is 11.0. The summed E-state index contributed by atoms with van der Waals surface area (Å²) in [6, 6.07) is 11.5. The van der Waals surface area contributed by atoms with Crippen molar-refractivity contribution in [3.05, 3.63) is 58.6 Å². The smallest absolute Gasteiger partial charge is 0.273 e. The number of nitrogens with one attached hydrogen (secondary N) is 1. The molecular formula is C16H15ClN2O4. The number of aliphatic hydroxyl groups excluding tert-OH is 1. The van der Waals surface area contributed by atoms with Gasteiger partial charge in [-0.05, 0) is 23.3 Å². The Bertz CT molecular complexity index is 720. The first kappa shape index (κ1) is 16.8. The number of phenolic OH excluding ortho intramolecular Hbond substituents is 1. The molecule has 2 aromatic rings. The maximum absolute atomic E-state index is 11.8. The third-order valence-electron chi connectivity index (χ3n) is 3.02. The summed E-state index contributed by atoms with van der Waals surface area (Å²) in [7, 11) is 1.39. The van der Waals surface area contributed by atoms with Gasteiger partial charge in [-0.2, -0.15) is 5.10 Å². The minimum Gasteiger partial charge on any atom is -0.503 e. The fourth-order valence-electron chi connectivity index (χ4n) is 1.84. The summed E-state index contributed by atoms with van der Waals surface area (Å²) >= 11 is 5.85. The number of phenols is 1. The number of hydrogen-bond acceptors (Lipinski definition) is 5. The summed E-state index contributed by atoms with van der Waals surface area (Å²) in [6.07, 6.45) is 0.00925. The summed E-state index contributed by atoms with van der Waals surface area (Å²) in [4.78, 5) is 11.8. The van der Waals surface area contributed by atoms with Crippen molar-refractivity contribution >= 4 is 23.7 Å². The average molecular weight is 335 g/mol. The zero-order valence-corrected chi connectivity index (χ0v) is 13.0. The van der Waals surface area contributed by atoms with Crippen molar-refractivity contribution in [2.45, 2.75) is 6.10 Å². The standard InChI is InChI=1S/C16H15ClN2O4/c1-23-13-8-10(7-12(17)15(13)21)9-18-19-16(22)14(20)11-5-3-2-4-6-11/h2-9,14,20-21H,1H3,(H,19,22). The van der Waals surface area contributed by atoms with Crippen LogP contribution in [0.15, 0.2) is 47.6 Å². The van der Waals surface area contributed by atoms with Crippen molar-refractivity contribution in [2.75, 3.05) is 7.11 Å². The monoisotopic (exact) mass is 334 g/mol. The number of amides is 1. The van der Waals surface area contributed by atoms with Crippen molar-refractivity contribution in [1.82, 2.24) is 5.43 Å². The van der Waals surface area contributed by atoms with Crippen LogP contribution >= 0.6 is 11.6 Å². The van der Waals surface area contributed by atoms with E-state index in [0.29, 0.717) is 11.1 Å². The Morgan fingerprint density at radius 3 is 2.70 bits per heavy atom. The number of aromatic hydroxyl groups is 1. The van der Waals surface area contributed by atoms with Gasteiger partial charge in [0.05, 0.1) is 18.3 Å². The maximum Gasteiger partial charge on any atom is 0.273 e. The van der Waals surface area contributed by atoms with Crippen molar-refractivity contribution < 1.29 is 19.7 Å². The van der Waals surface area contributed by atoms with Gasteiger partial charge in [-0.3, -0.25) is 4.79 Å². The number of halogens is 1. The van der Waals surface area contributed by atoms with Gasteiger partial charge in [0.25, 0.3) is 5.91 Å². The highest BCUT2D eigenvalue weighted by Gasteiger charge is 2.16. The van der Waals surface area contributed by atoms with Crippen LogP contribution in [0.3, 0.4) is 0 Å². The van der Waals surface area contributed by atoms with E-state index in [4.69, 9.17) is 16.3 Å². The number of carbonyl (C=O) groups excluding carboxylic acids is 1. The van der Waals surface area contributed by atoms with Crippen LogP contribution in [0.4, 0.5) is 0 Å². The Balaban J connectivity index is 2.04. The fourth-order valence-corrected chi connectivity index (χ4v) is 2.06. The molecule has 7 heteroatoms. The first-order valence-corrected chi connectivity index (χ1v) is 7.03. The summed E-state index contributed by atoms with van der Waals surface area (Å²) in [5.74, 6) is -0.645.